The number of primary amides is 1. The molecule has 30 heavy (non-hydrogen) atoms. The van der Waals surface area contributed by atoms with Gasteiger partial charge in [-0.3, -0.25) is 9.59 Å². The van der Waals surface area contributed by atoms with E-state index in [1.54, 1.807) is 0 Å². The van der Waals surface area contributed by atoms with Crippen molar-refractivity contribution >= 4 is 23.2 Å². The molecule has 0 radical (unpaired) electrons. The van der Waals surface area contributed by atoms with E-state index in [-0.39, 0.29) is 18.5 Å². The van der Waals surface area contributed by atoms with Gasteiger partial charge in [0.2, 0.25) is 5.91 Å². The minimum atomic E-state index is -0.500. The van der Waals surface area contributed by atoms with Gasteiger partial charge in [-0.25, -0.2) is 0 Å². The number of carbonyl (C=O) groups excluding carboxylic acids is 2. The molecular formula is C24H32N4O2. The van der Waals surface area contributed by atoms with Crippen LogP contribution in [0.4, 0.5) is 11.4 Å². The molecule has 0 aromatic heterocycles. The predicted octanol–water partition coefficient (Wildman–Crippen LogP) is 3.68. The summed E-state index contributed by atoms with van der Waals surface area (Å²) in [4.78, 5) is 26.7. The first kappa shape index (κ1) is 21.7. The van der Waals surface area contributed by atoms with Gasteiger partial charge in [0.05, 0.1) is 18.2 Å². The van der Waals surface area contributed by atoms with Crippen molar-refractivity contribution in [3.8, 4) is 0 Å². The zero-order valence-corrected chi connectivity index (χ0v) is 18.1. The summed E-state index contributed by atoms with van der Waals surface area (Å²) in [6.07, 6.45) is 3.56. The molecule has 1 atom stereocenters. The first-order valence-corrected chi connectivity index (χ1v) is 10.6. The van der Waals surface area contributed by atoms with Crippen molar-refractivity contribution in [1.29, 1.82) is 0 Å². The van der Waals surface area contributed by atoms with Crippen LogP contribution >= 0.6 is 0 Å². The monoisotopic (exact) mass is 408 g/mol. The summed E-state index contributed by atoms with van der Waals surface area (Å²) < 4.78 is 0. The molecule has 2 aromatic carbocycles. The highest BCUT2D eigenvalue weighted by Gasteiger charge is 2.16. The largest absolute Gasteiger partial charge is 0.376 e. The van der Waals surface area contributed by atoms with E-state index in [1.165, 1.54) is 17.5 Å². The molecule has 3 rings (SSSR count). The molecule has 1 unspecified atom stereocenters. The Morgan fingerprint density at radius 3 is 2.43 bits per heavy atom. The van der Waals surface area contributed by atoms with Crippen LogP contribution in [0.2, 0.25) is 0 Å². The van der Waals surface area contributed by atoms with Gasteiger partial charge in [0.15, 0.2) is 0 Å². The molecule has 0 spiro atoms. The van der Waals surface area contributed by atoms with Gasteiger partial charge in [0.25, 0.3) is 5.91 Å². The maximum absolute atomic E-state index is 12.4. The summed E-state index contributed by atoms with van der Waals surface area (Å²) in [7, 11) is 0. The number of hydrogen-bond acceptors (Lipinski definition) is 4. The average Bonchev–Trinajstić information content (AvgIpc) is 2.74. The Hall–Kier alpha value is -3.02. The van der Waals surface area contributed by atoms with Gasteiger partial charge in [0, 0.05) is 24.5 Å². The quantitative estimate of drug-likeness (QED) is 0.652. The fourth-order valence-corrected chi connectivity index (χ4v) is 3.82. The molecule has 1 heterocycles. The minimum absolute atomic E-state index is 0.0680. The Morgan fingerprint density at radius 1 is 1.03 bits per heavy atom. The van der Waals surface area contributed by atoms with Crippen molar-refractivity contribution in [3.05, 3.63) is 58.7 Å². The molecule has 1 aliphatic heterocycles. The number of benzene rings is 2. The van der Waals surface area contributed by atoms with E-state index in [1.807, 2.05) is 31.2 Å². The lowest BCUT2D eigenvalue weighted by atomic mass is 10.0. The number of nitrogens with zero attached hydrogens (tertiary/aromatic N) is 1. The second-order valence-electron chi connectivity index (χ2n) is 8.13. The number of anilines is 2. The molecule has 6 heteroatoms. The van der Waals surface area contributed by atoms with E-state index < -0.39 is 5.91 Å². The van der Waals surface area contributed by atoms with Crippen LogP contribution in [0.1, 0.15) is 59.3 Å². The highest BCUT2D eigenvalue weighted by molar-refractivity contribution is 6.00. The van der Waals surface area contributed by atoms with E-state index in [4.69, 9.17) is 5.73 Å². The Bertz CT molecular complexity index is 919. The van der Waals surface area contributed by atoms with Crippen molar-refractivity contribution in [3.63, 3.8) is 0 Å². The van der Waals surface area contributed by atoms with Crippen molar-refractivity contribution in [2.75, 3.05) is 29.9 Å². The van der Waals surface area contributed by atoms with Crippen LogP contribution in [0.15, 0.2) is 36.4 Å². The predicted molar refractivity (Wildman–Crippen MR) is 122 cm³/mol. The number of carbonyl (C=O) groups is 2. The zero-order chi connectivity index (χ0) is 21.7. The molecular weight excluding hydrogens is 376 g/mol. The SMILES string of the molecule is Cc1ccc(C(C)NC(=O)CNc2ccc(N3CCCCC3)cc2C(N)=O)cc1C. The van der Waals surface area contributed by atoms with E-state index >= 15 is 0 Å². The highest BCUT2D eigenvalue weighted by Crippen LogP contribution is 2.25. The number of hydrogen-bond donors (Lipinski definition) is 3. The maximum atomic E-state index is 12.4. The van der Waals surface area contributed by atoms with E-state index in [0.29, 0.717) is 11.3 Å². The summed E-state index contributed by atoms with van der Waals surface area (Å²) in [5, 5.41) is 6.07. The number of aryl methyl sites for hydroxylation is 2. The molecule has 2 amide bonds. The standard InChI is InChI=1S/C24H32N4O2/c1-16-7-8-19(13-17(16)2)18(3)27-23(29)15-26-22-10-9-20(14-21(22)24(25)30)28-11-5-4-6-12-28/h7-10,13-14,18,26H,4-6,11-12,15H2,1-3H3,(H2,25,30)(H,27,29). The van der Waals surface area contributed by atoms with E-state index in [0.717, 1.165) is 37.2 Å². The molecule has 0 aliphatic carbocycles. The second kappa shape index (κ2) is 9.65. The molecule has 0 saturated carbocycles. The summed E-state index contributed by atoms with van der Waals surface area (Å²) in [6, 6.07) is 11.7. The highest BCUT2D eigenvalue weighted by atomic mass is 16.2. The summed E-state index contributed by atoms with van der Waals surface area (Å²) in [5.74, 6) is -0.642. The first-order chi connectivity index (χ1) is 14.3. The third kappa shape index (κ3) is 5.32. The molecule has 1 fully saturated rings. The Labute approximate surface area is 178 Å². The van der Waals surface area contributed by atoms with Crippen LogP contribution in [0.5, 0.6) is 0 Å². The van der Waals surface area contributed by atoms with Gasteiger partial charge in [-0.1, -0.05) is 18.2 Å². The van der Waals surface area contributed by atoms with Gasteiger partial charge in [0.1, 0.15) is 0 Å². The minimum Gasteiger partial charge on any atom is -0.376 e. The average molecular weight is 409 g/mol. The third-order valence-electron chi connectivity index (χ3n) is 5.84. The van der Waals surface area contributed by atoms with Crippen LogP contribution in [-0.2, 0) is 4.79 Å². The maximum Gasteiger partial charge on any atom is 0.250 e. The number of nitrogens with two attached hydrogens (primary N) is 1. The Kier molecular flexibility index (Phi) is 6.98. The number of piperidine rings is 1. The van der Waals surface area contributed by atoms with Crippen molar-refractivity contribution in [2.45, 2.75) is 46.1 Å². The Morgan fingerprint density at radius 2 is 1.77 bits per heavy atom. The summed E-state index contributed by atoms with van der Waals surface area (Å²) in [5.41, 5.74) is 11.1. The lowest BCUT2D eigenvalue weighted by molar-refractivity contribution is -0.120. The Balaban J connectivity index is 1.63. The van der Waals surface area contributed by atoms with Gasteiger partial charge >= 0.3 is 0 Å². The van der Waals surface area contributed by atoms with Gasteiger partial charge in [-0.05, 0) is 74.9 Å². The molecule has 2 aromatic rings. The number of amides is 2. The number of nitrogens with one attached hydrogen (secondary N) is 2. The van der Waals surface area contributed by atoms with Crippen molar-refractivity contribution in [2.24, 2.45) is 5.73 Å². The number of rotatable bonds is 7. The summed E-state index contributed by atoms with van der Waals surface area (Å²) >= 11 is 0. The van der Waals surface area contributed by atoms with Gasteiger partial charge in [-0.2, -0.15) is 0 Å². The first-order valence-electron chi connectivity index (χ1n) is 10.6. The van der Waals surface area contributed by atoms with Crippen LogP contribution in [0, 0.1) is 13.8 Å². The molecule has 0 bridgehead atoms. The van der Waals surface area contributed by atoms with Crippen LogP contribution in [0.25, 0.3) is 0 Å². The van der Waals surface area contributed by atoms with E-state index in [9.17, 15) is 9.59 Å². The molecule has 1 saturated heterocycles. The van der Waals surface area contributed by atoms with Crippen LogP contribution in [-0.4, -0.2) is 31.4 Å². The smallest absolute Gasteiger partial charge is 0.250 e. The topological polar surface area (TPSA) is 87.5 Å². The lowest BCUT2D eigenvalue weighted by Gasteiger charge is -2.29. The van der Waals surface area contributed by atoms with Crippen molar-refractivity contribution in [1.82, 2.24) is 5.32 Å². The summed E-state index contributed by atoms with van der Waals surface area (Å²) in [6.45, 7) is 8.14. The van der Waals surface area contributed by atoms with Crippen LogP contribution in [0.3, 0.4) is 0 Å². The van der Waals surface area contributed by atoms with Crippen molar-refractivity contribution < 1.29 is 9.59 Å². The zero-order valence-electron chi connectivity index (χ0n) is 18.1. The van der Waals surface area contributed by atoms with Gasteiger partial charge in [-0.15, -0.1) is 0 Å². The van der Waals surface area contributed by atoms with Crippen LogP contribution < -0.4 is 21.3 Å². The molecule has 1 aliphatic rings. The van der Waals surface area contributed by atoms with E-state index in [2.05, 4.69) is 41.5 Å². The molecule has 160 valence electrons. The second-order valence-corrected chi connectivity index (χ2v) is 8.13. The normalized spacial score (nSPS) is 14.8. The lowest BCUT2D eigenvalue weighted by Crippen LogP contribution is -2.32. The fraction of sp³-hybridized carbons (Fsp3) is 0.417. The molecule has 6 nitrogen and oxygen atoms in total. The third-order valence-corrected chi connectivity index (χ3v) is 5.84. The van der Waals surface area contributed by atoms with Gasteiger partial charge < -0.3 is 21.3 Å². The fourth-order valence-electron chi connectivity index (χ4n) is 3.82. The molecule has 4 N–H and O–H groups in total.